The third kappa shape index (κ3) is 2.50. The quantitative estimate of drug-likeness (QED) is 0.850. The van der Waals surface area contributed by atoms with Crippen LogP contribution in [0.3, 0.4) is 0 Å². The van der Waals surface area contributed by atoms with E-state index in [0.717, 1.165) is 11.1 Å². The van der Waals surface area contributed by atoms with Crippen molar-refractivity contribution in [2.45, 2.75) is 6.92 Å². The van der Waals surface area contributed by atoms with Gasteiger partial charge in [0.2, 0.25) is 5.91 Å². The third-order valence-electron chi connectivity index (χ3n) is 3.52. The van der Waals surface area contributed by atoms with Crippen LogP contribution in [0, 0.1) is 0 Å². The molecule has 0 N–H and O–H groups in total. The zero-order valence-electron chi connectivity index (χ0n) is 11.7. The number of rotatable bonds is 2. The minimum Gasteiger partial charge on any atom is -0.276 e. The van der Waals surface area contributed by atoms with Gasteiger partial charge in [-0.1, -0.05) is 30.3 Å². The summed E-state index contributed by atoms with van der Waals surface area (Å²) in [5, 5.41) is 0. The fourth-order valence-electron chi connectivity index (χ4n) is 2.42. The van der Waals surface area contributed by atoms with Gasteiger partial charge in [0.05, 0.1) is 0 Å². The van der Waals surface area contributed by atoms with E-state index in [-0.39, 0.29) is 11.9 Å². The molecule has 5 heteroatoms. The molecule has 0 aliphatic carbocycles. The van der Waals surface area contributed by atoms with Crippen molar-refractivity contribution in [3.8, 4) is 11.1 Å². The Labute approximate surface area is 122 Å². The minimum absolute atomic E-state index is 0.235. The fraction of sp³-hybridized carbons (Fsp3) is 0.188. The molecule has 1 saturated heterocycles. The molecule has 1 aliphatic rings. The van der Waals surface area contributed by atoms with E-state index in [9.17, 15) is 9.59 Å². The molecule has 0 unspecified atom stereocenters. The highest BCUT2D eigenvalue weighted by Gasteiger charge is 2.32. The summed E-state index contributed by atoms with van der Waals surface area (Å²) in [6, 6.07) is 13.4. The Bertz CT molecular complexity index is 685. The highest BCUT2D eigenvalue weighted by molar-refractivity contribution is 6.03. The van der Waals surface area contributed by atoms with Crippen molar-refractivity contribution in [2.24, 2.45) is 0 Å². The van der Waals surface area contributed by atoms with Crippen LogP contribution in [-0.2, 0) is 4.79 Å². The van der Waals surface area contributed by atoms with Gasteiger partial charge in [0, 0.05) is 26.2 Å². The first kappa shape index (κ1) is 13.3. The fourth-order valence-corrected chi connectivity index (χ4v) is 2.42. The summed E-state index contributed by atoms with van der Waals surface area (Å²) in [7, 11) is 0. The SMILES string of the molecule is CC(=O)N1CCN(c2cc(-c3ccccc3)ccn2)C1=O. The number of hydrogen-bond donors (Lipinski definition) is 0. The van der Waals surface area contributed by atoms with Crippen molar-refractivity contribution >= 4 is 17.8 Å². The lowest BCUT2D eigenvalue weighted by atomic mass is 10.1. The molecule has 0 bridgehead atoms. The molecule has 1 aliphatic heterocycles. The lowest BCUT2D eigenvalue weighted by Gasteiger charge is -2.16. The molecule has 1 aromatic carbocycles. The predicted octanol–water partition coefficient (Wildman–Crippen LogP) is 2.54. The summed E-state index contributed by atoms with van der Waals surface area (Å²) in [5.74, 6) is 0.340. The molecule has 0 spiro atoms. The summed E-state index contributed by atoms with van der Waals surface area (Å²) >= 11 is 0. The van der Waals surface area contributed by atoms with E-state index in [2.05, 4.69) is 4.98 Å². The molecular weight excluding hydrogens is 266 g/mol. The number of benzene rings is 1. The molecule has 2 aromatic rings. The normalized spacial score (nSPS) is 14.6. The van der Waals surface area contributed by atoms with Crippen LogP contribution in [0.1, 0.15) is 6.92 Å². The first-order valence-corrected chi connectivity index (χ1v) is 6.78. The highest BCUT2D eigenvalue weighted by atomic mass is 16.2. The van der Waals surface area contributed by atoms with Gasteiger partial charge in [-0.3, -0.25) is 14.6 Å². The molecule has 0 saturated carbocycles. The average molecular weight is 281 g/mol. The van der Waals surface area contributed by atoms with Crippen LogP contribution >= 0.6 is 0 Å². The summed E-state index contributed by atoms with van der Waals surface area (Å²) < 4.78 is 0. The second-order valence-corrected chi connectivity index (χ2v) is 4.87. The Morgan fingerprint density at radius 1 is 1.10 bits per heavy atom. The number of pyridine rings is 1. The lowest BCUT2D eigenvalue weighted by molar-refractivity contribution is -0.125. The Hall–Kier alpha value is -2.69. The van der Waals surface area contributed by atoms with Gasteiger partial charge < -0.3 is 0 Å². The largest absolute Gasteiger partial charge is 0.332 e. The number of amides is 3. The van der Waals surface area contributed by atoms with E-state index in [1.807, 2.05) is 42.5 Å². The molecule has 106 valence electrons. The summed E-state index contributed by atoms with van der Waals surface area (Å²) in [4.78, 5) is 30.6. The molecule has 0 atom stereocenters. The van der Waals surface area contributed by atoms with Crippen LogP contribution in [0.15, 0.2) is 48.7 Å². The van der Waals surface area contributed by atoms with Gasteiger partial charge in [0.1, 0.15) is 5.82 Å². The number of aromatic nitrogens is 1. The van der Waals surface area contributed by atoms with Crippen LogP contribution < -0.4 is 4.90 Å². The number of hydrogen-bond acceptors (Lipinski definition) is 3. The smallest absolute Gasteiger partial charge is 0.276 e. The highest BCUT2D eigenvalue weighted by Crippen LogP contribution is 2.24. The summed E-state index contributed by atoms with van der Waals surface area (Å²) in [6.07, 6.45) is 1.68. The standard InChI is InChI=1S/C16H15N3O2/c1-12(20)18-9-10-19(16(18)21)15-11-14(7-8-17-15)13-5-3-2-4-6-13/h2-8,11H,9-10H2,1H3. The van der Waals surface area contributed by atoms with Crippen molar-refractivity contribution in [1.29, 1.82) is 0 Å². The van der Waals surface area contributed by atoms with Gasteiger partial charge in [-0.2, -0.15) is 0 Å². The van der Waals surface area contributed by atoms with E-state index in [1.54, 1.807) is 6.20 Å². The van der Waals surface area contributed by atoms with Crippen molar-refractivity contribution < 1.29 is 9.59 Å². The van der Waals surface area contributed by atoms with Gasteiger partial charge >= 0.3 is 6.03 Å². The van der Waals surface area contributed by atoms with Crippen molar-refractivity contribution in [3.63, 3.8) is 0 Å². The molecule has 1 fully saturated rings. The predicted molar refractivity (Wildman–Crippen MR) is 79.8 cm³/mol. The minimum atomic E-state index is -0.305. The van der Waals surface area contributed by atoms with E-state index in [1.165, 1.54) is 16.7 Å². The van der Waals surface area contributed by atoms with Crippen LogP contribution in [0.5, 0.6) is 0 Å². The zero-order chi connectivity index (χ0) is 14.8. The Morgan fingerprint density at radius 3 is 2.52 bits per heavy atom. The van der Waals surface area contributed by atoms with Crippen molar-refractivity contribution in [2.75, 3.05) is 18.0 Å². The first-order chi connectivity index (χ1) is 10.2. The van der Waals surface area contributed by atoms with E-state index in [4.69, 9.17) is 0 Å². The maximum atomic E-state index is 12.2. The molecule has 3 rings (SSSR count). The van der Waals surface area contributed by atoms with Crippen LogP contribution in [-0.4, -0.2) is 34.9 Å². The number of anilines is 1. The number of carbonyl (C=O) groups is 2. The number of imide groups is 1. The second kappa shape index (κ2) is 5.36. The summed E-state index contributed by atoms with van der Waals surface area (Å²) in [6.45, 7) is 2.28. The van der Waals surface area contributed by atoms with Crippen LogP contribution in [0.2, 0.25) is 0 Å². The van der Waals surface area contributed by atoms with Gasteiger partial charge in [-0.25, -0.2) is 9.78 Å². The molecule has 21 heavy (non-hydrogen) atoms. The van der Waals surface area contributed by atoms with E-state index in [0.29, 0.717) is 18.9 Å². The lowest BCUT2D eigenvalue weighted by Crippen LogP contribution is -2.35. The molecule has 2 heterocycles. The van der Waals surface area contributed by atoms with Crippen LogP contribution in [0.25, 0.3) is 11.1 Å². The Balaban J connectivity index is 1.91. The van der Waals surface area contributed by atoms with Gasteiger partial charge in [0.15, 0.2) is 0 Å². The zero-order valence-corrected chi connectivity index (χ0v) is 11.7. The number of nitrogens with zero attached hydrogens (tertiary/aromatic N) is 3. The van der Waals surface area contributed by atoms with Gasteiger partial charge in [-0.15, -0.1) is 0 Å². The van der Waals surface area contributed by atoms with E-state index < -0.39 is 0 Å². The maximum Gasteiger partial charge on any atom is 0.332 e. The molecular formula is C16H15N3O2. The molecule has 1 aromatic heterocycles. The van der Waals surface area contributed by atoms with Crippen molar-refractivity contribution in [3.05, 3.63) is 48.7 Å². The third-order valence-corrected chi connectivity index (χ3v) is 3.52. The maximum absolute atomic E-state index is 12.2. The topological polar surface area (TPSA) is 53.5 Å². The molecule has 5 nitrogen and oxygen atoms in total. The molecule has 0 radical (unpaired) electrons. The number of urea groups is 1. The Kier molecular flexibility index (Phi) is 3.39. The first-order valence-electron chi connectivity index (χ1n) is 6.78. The van der Waals surface area contributed by atoms with Crippen LogP contribution in [0.4, 0.5) is 10.6 Å². The second-order valence-electron chi connectivity index (χ2n) is 4.87. The monoisotopic (exact) mass is 281 g/mol. The van der Waals surface area contributed by atoms with Gasteiger partial charge in [-0.05, 0) is 23.3 Å². The van der Waals surface area contributed by atoms with E-state index >= 15 is 0 Å². The molecule has 3 amide bonds. The number of carbonyl (C=O) groups excluding carboxylic acids is 2. The Morgan fingerprint density at radius 2 is 1.86 bits per heavy atom. The van der Waals surface area contributed by atoms with Gasteiger partial charge in [0.25, 0.3) is 0 Å². The van der Waals surface area contributed by atoms with Crippen molar-refractivity contribution in [1.82, 2.24) is 9.88 Å². The summed E-state index contributed by atoms with van der Waals surface area (Å²) in [5.41, 5.74) is 2.06. The average Bonchev–Trinajstić information content (AvgIpc) is 2.90.